The molecule has 3 nitrogen and oxygen atoms in total. The Morgan fingerprint density at radius 2 is 2.06 bits per heavy atom. The van der Waals surface area contributed by atoms with E-state index < -0.39 is 0 Å². The van der Waals surface area contributed by atoms with Gasteiger partial charge in [-0.25, -0.2) is 4.98 Å². The summed E-state index contributed by atoms with van der Waals surface area (Å²) in [6, 6.07) is 0. The van der Waals surface area contributed by atoms with E-state index in [2.05, 4.69) is 9.69 Å². The number of piperidine rings is 1. The van der Waals surface area contributed by atoms with Crippen LogP contribution in [0.15, 0.2) is 5.38 Å². The molecule has 0 spiro atoms. The third-order valence-corrected chi connectivity index (χ3v) is 5.87. The lowest BCUT2D eigenvalue weighted by Gasteiger charge is -2.20. The fourth-order valence-electron chi connectivity index (χ4n) is 2.07. The van der Waals surface area contributed by atoms with Gasteiger partial charge in [-0.05, 0) is 37.5 Å². The molecule has 2 aromatic heterocycles. The molecular weight excluding hydrogens is 309 g/mol. The summed E-state index contributed by atoms with van der Waals surface area (Å²) in [5.41, 5.74) is 0.905. The summed E-state index contributed by atoms with van der Waals surface area (Å²) in [6.45, 7) is 2.15. The van der Waals surface area contributed by atoms with Crippen molar-refractivity contribution < 1.29 is 0 Å². The third-order valence-electron chi connectivity index (χ3n) is 3.04. The van der Waals surface area contributed by atoms with E-state index >= 15 is 0 Å². The van der Waals surface area contributed by atoms with Crippen LogP contribution < -0.4 is 5.32 Å². The van der Waals surface area contributed by atoms with Crippen LogP contribution in [-0.4, -0.2) is 22.4 Å². The predicted octanol–water partition coefficient (Wildman–Crippen LogP) is 4.04. The maximum atomic E-state index is 6.11. The van der Waals surface area contributed by atoms with Crippen molar-refractivity contribution in [3.8, 4) is 10.6 Å². The molecule has 1 N–H and O–H groups in total. The minimum Gasteiger partial charge on any atom is -0.317 e. The molecule has 3 rings (SSSR count). The Morgan fingerprint density at radius 3 is 2.72 bits per heavy atom. The maximum Gasteiger partial charge on any atom is 0.162 e. The van der Waals surface area contributed by atoms with E-state index in [0.29, 0.717) is 16.1 Å². The zero-order chi connectivity index (χ0) is 12.5. The quantitative estimate of drug-likeness (QED) is 0.907. The second kappa shape index (κ2) is 5.43. The summed E-state index contributed by atoms with van der Waals surface area (Å²) in [6.07, 6.45) is 2.31. The van der Waals surface area contributed by atoms with Gasteiger partial charge in [0.05, 0.1) is 20.6 Å². The Hall–Kier alpha value is -0.200. The minimum absolute atomic E-state index is 0.369. The molecule has 2 aromatic rings. The van der Waals surface area contributed by atoms with Crippen molar-refractivity contribution >= 4 is 46.1 Å². The average molecular weight is 320 g/mol. The van der Waals surface area contributed by atoms with Gasteiger partial charge >= 0.3 is 0 Å². The zero-order valence-corrected chi connectivity index (χ0v) is 12.6. The van der Waals surface area contributed by atoms with E-state index in [1.54, 1.807) is 11.3 Å². The van der Waals surface area contributed by atoms with Gasteiger partial charge in [-0.2, -0.15) is 4.37 Å². The summed E-state index contributed by atoms with van der Waals surface area (Å²) in [7, 11) is 0. The fourth-order valence-corrected chi connectivity index (χ4v) is 4.31. The number of aromatic nitrogens is 2. The van der Waals surface area contributed by atoms with Gasteiger partial charge in [0.25, 0.3) is 0 Å². The summed E-state index contributed by atoms with van der Waals surface area (Å²) in [5.74, 6) is 0.576. The first kappa shape index (κ1) is 12.8. The molecule has 1 aliphatic rings. The van der Waals surface area contributed by atoms with Crippen LogP contribution in [0.2, 0.25) is 10.2 Å². The van der Waals surface area contributed by atoms with Gasteiger partial charge in [0, 0.05) is 11.3 Å². The van der Waals surface area contributed by atoms with E-state index in [0.717, 1.165) is 36.5 Å². The Labute approximate surface area is 123 Å². The molecule has 0 aromatic carbocycles. The van der Waals surface area contributed by atoms with Crippen molar-refractivity contribution in [2.45, 2.75) is 18.8 Å². The summed E-state index contributed by atoms with van der Waals surface area (Å²) >= 11 is 15.0. The largest absolute Gasteiger partial charge is 0.317 e. The van der Waals surface area contributed by atoms with E-state index in [4.69, 9.17) is 28.2 Å². The predicted molar refractivity (Wildman–Crippen MR) is 78.1 cm³/mol. The van der Waals surface area contributed by atoms with Crippen LogP contribution in [-0.2, 0) is 0 Å². The molecule has 3 heterocycles. The maximum absolute atomic E-state index is 6.11. The molecular formula is C11H11Cl2N3S2. The molecule has 1 fully saturated rings. The topological polar surface area (TPSA) is 37.8 Å². The van der Waals surface area contributed by atoms with E-state index in [1.165, 1.54) is 16.5 Å². The van der Waals surface area contributed by atoms with E-state index in [1.807, 2.05) is 5.38 Å². The Bertz CT molecular complexity index is 546. The van der Waals surface area contributed by atoms with Gasteiger partial charge in [-0.3, -0.25) is 0 Å². The first-order chi connectivity index (χ1) is 8.75. The smallest absolute Gasteiger partial charge is 0.162 e. The van der Waals surface area contributed by atoms with Crippen molar-refractivity contribution in [3.63, 3.8) is 0 Å². The second-order valence-electron chi connectivity index (χ2n) is 4.21. The van der Waals surface area contributed by atoms with E-state index in [-0.39, 0.29) is 0 Å². The number of nitrogens with one attached hydrogen (secondary N) is 1. The fraction of sp³-hybridized carbons (Fsp3) is 0.455. The molecule has 1 aliphatic heterocycles. The minimum atomic E-state index is 0.369. The van der Waals surface area contributed by atoms with Crippen LogP contribution in [0.3, 0.4) is 0 Å². The molecule has 0 saturated carbocycles. The molecule has 0 aliphatic carbocycles. The summed E-state index contributed by atoms with van der Waals surface area (Å²) in [4.78, 5) is 5.57. The number of nitrogens with zero attached hydrogens (tertiary/aromatic N) is 2. The highest BCUT2D eigenvalue weighted by atomic mass is 35.5. The lowest BCUT2D eigenvalue weighted by Crippen LogP contribution is -2.26. The Morgan fingerprint density at radius 1 is 1.28 bits per heavy atom. The van der Waals surface area contributed by atoms with Crippen molar-refractivity contribution in [3.05, 3.63) is 20.6 Å². The monoisotopic (exact) mass is 319 g/mol. The number of thiazole rings is 1. The number of hydrogen-bond donors (Lipinski definition) is 1. The second-order valence-corrected chi connectivity index (χ2v) is 6.61. The summed E-state index contributed by atoms with van der Waals surface area (Å²) < 4.78 is 4.04. The highest BCUT2D eigenvalue weighted by molar-refractivity contribution is 7.12. The molecule has 0 bridgehead atoms. The van der Waals surface area contributed by atoms with Gasteiger partial charge in [-0.15, -0.1) is 11.3 Å². The van der Waals surface area contributed by atoms with Crippen molar-refractivity contribution in [1.82, 2.24) is 14.7 Å². The SMILES string of the molecule is Clc1nsc(-c2csc(C3CCNCC3)n2)c1Cl. The van der Waals surface area contributed by atoms with Crippen LogP contribution in [0.1, 0.15) is 23.8 Å². The van der Waals surface area contributed by atoms with Crippen molar-refractivity contribution in [2.24, 2.45) is 0 Å². The number of halogens is 2. The highest BCUT2D eigenvalue weighted by Gasteiger charge is 2.20. The Balaban J connectivity index is 1.87. The zero-order valence-electron chi connectivity index (χ0n) is 9.45. The molecule has 0 unspecified atom stereocenters. The van der Waals surface area contributed by atoms with Crippen LogP contribution in [0.25, 0.3) is 10.6 Å². The normalized spacial score (nSPS) is 17.2. The molecule has 18 heavy (non-hydrogen) atoms. The molecule has 1 saturated heterocycles. The molecule has 96 valence electrons. The lowest BCUT2D eigenvalue weighted by atomic mass is 9.99. The third kappa shape index (κ3) is 2.42. The average Bonchev–Trinajstić information content (AvgIpc) is 3.00. The number of rotatable bonds is 2. The molecule has 0 atom stereocenters. The van der Waals surface area contributed by atoms with Crippen LogP contribution in [0, 0.1) is 0 Å². The van der Waals surface area contributed by atoms with Crippen molar-refractivity contribution in [1.29, 1.82) is 0 Å². The van der Waals surface area contributed by atoms with Gasteiger partial charge in [0.1, 0.15) is 0 Å². The standard InChI is InChI=1S/C11H11Cl2N3S2/c12-8-9(18-16-10(8)13)7-5-17-11(15-7)6-1-3-14-4-2-6/h5-6,14H,1-4H2. The van der Waals surface area contributed by atoms with Crippen molar-refractivity contribution in [2.75, 3.05) is 13.1 Å². The van der Waals surface area contributed by atoms with Gasteiger partial charge in [0.15, 0.2) is 5.15 Å². The number of hydrogen-bond acceptors (Lipinski definition) is 5. The first-order valence-corrected chi connectivity index (χ1v) is 8.14. The van der Waals surface area contributed by atoms with Crippen LogP contribution in [0.4, 0.5) is 0 Å². The molecule has 0 amide bonds. The first-order valence-electron chi connectivity index (χ1n) is 5.73. The van der Waals surface area contributed by atoms with Gasteiger partial charge in [-0.1, -0.05) is 23.2 Å². The Kier molecular flexibility index (Phi) is 3.86. The van der Waals surface area contributed by atoms with Gasteiger partial charge in [0.2, 0.25) is 0 Å². The van der Waals surface area contributed by atoms with Crippen LogP contribution >= 0.6 is 46.1 Å². The van der Waals surface area contributed by atoms with Gasteiger partial charge < -0.3 is 5.32 Å². The van der Waals surface area contributed by atoms with Crippen LogP contribution in [0.5, 0.6) is 0 Å². The molecule has 0 radical (unpaired) electrons. The lowest BCUT2D eigenvalue weighted by molar-refractivity contribution is 0.459. The molecule has 7 heteroatoms. The summed E-state index contributed by atoms with van der Waals surface area (Å²) in [5, 5.41) is 7.50. The highest BCUT2D eigenvalue weighted by Crippen LogP contribution is 2.39. The van der Waals surface area contributed by atoms with E-state index in [9.17, 15) is 0 Å².